The largest absolute Gasteiger partial charge is 0.494 e. The van der Waals surface area contributed by atoms with Crippen molar-refractivity contribution in [2.45, 2.75) is 26.8 Å². The summed E-state index contributed by atoms with van der Waals surface area (Å²) in [5, 5.41) is 0. The summed E-state index contributed by atoms with van der Waals surface area (Å²) in [6, 6.07) is 16.6. The Balaban J connectivity index is 1.99. The highest BCUT2D eigenvalue weighted by molar-refractivity contribution is 5.64. The summed E-state index contributed by atoms with van der Waals surface area (Å²) in [7, 11) is 0. The van der Waals surface area contributed by atoms with E-state index in [0.717, 1.165) is 24.3 Å². The molecule has 2 N–H and O–H groups in total. The van der Waals surface area contributed by atoms with E-state index in [4.69, 9.17) is 10.5 Å². The predicted octanol–water partition coefficient (Wildman–Crippen LogP) is 4.24. The van der Waals surface area contributed by atoms with Gasteiger partial charge >= 0.3 is 0 Å². The lowest BCUT2D eigenvalue weighted by Crippen LogP contribution is -2.01. The SMILES string of the molecule is CC(C)CCOc1ccc(-c2ccc(CN)cc2)cc1. The Hall–Kier alpha value is -1.80. The second-order valence-corrected chi connectivity index (χ2v) is 5.46. The fourth-order valence-electron chi connectivity index (χ4n) is 1.99. The fraction of sp³-hybridized carbons (Fsp3) is 0.333. The number of ether oxygens (including phenoxy) is 1. The molecule has 0 spiro atoms. The van der Waals surface area contributed by atoms with Gasteiger partial charge in [-0.2, -0.15) is 0 Å². The molecule has 0 bridgehead atoms. The van der Waals surface area contributed by atoms with E-state index in [-0.39, 0.29) is 0 Å². The summed E-state index contributed by atoms with van der Waals surface area (Å²) in [4.78, 5) is 0. The maximum atomic E-state index is 5.73. The lowest BCUT2D eigenvalue weighted by atomic mass is 10.0. The third-order valence-corrected chi connectivity index (χ3v) is 3.34. The molecule has 0 aromatic heterocycles. The molecule has 2 nitrogen and oxygen atoms in total. The second-order valence-electron chi connectivity index (χ2n) is 5.46. The standard InChI is InChI=1S/C18H23NO/c1-14(2)11-12-20-18-9-7-17(8-10-18)16-5-3-15(13-19)4-6-16/h3-10,14H,11-13,19H2,1-2H3. The zero-order chi connectivity index (χ0) is 14.4. The second kappa shape index (κ2) is 7.11. The molecular formula is C18H23NO. The lowest BCUT2D eigenvalue weighted by Gasteiger charge is -2.09. The molecule has 0 fully saturated rings. The van der Waals surface area contributed by atoms with Gasteiger partial charge in [0.1, 0.15) is 5.75 Å². The van der Waals surface area contributed by atoms with Crippen molar-refractivity contribution >= 4 is 0 Å². The van der Waals surface area contributed by atoms with Crippen LogP contribution in [-0.4, -0.2) is 6.61 Å². The van der Waals surface area contributed by atoms with Crippen LogP contribution in [0.15, 0.2) is 48.5 Å². The maximum absolute atomic E-state index is 5.73. The van der Waals surface area contributed by atoms with E-state index < -0.39 is 0 Å². The molecule has 20 heavy (non-hydrogen) atoms. The van der Waals surface area contributed by atoms with Gasteiger partial charge in [-0.25, -0.2) is 0 Å². The predicted molar refractivity (Wildman–Crippen MR) is 84.7 cm³/mol. The summed E-state index contributed by atoms with van der Waals surface area (Å²) < 4.78 is 5.73. The lowest BCUT2D eigenvalue weighted by molar-refractivity contribution is 0.289. The van der Waals surface area contributed by atoms with Gasteiger partial charge < -0.3 is 10.5 Å². The van der Waals surface area contributed by atoms with Crippen molar-refractivity contribution in [3.63, 3.8) is 0 Å². The van der Waals surface area contributed by atoms with Crippen molar-refractivity contribution in [1.82, 2.24) is 0 Å². The molecule has 0 atom stereocenters. The molecule has 0 amide bonds. The van der Waals surface area contributed by atoms with Crippen LogP contribution in [0.4, 0.5) is 0 Å². The van der Waals surface area contributed by atoms with Crippen LogP contribution < -0.4 is 10.5 Å². The van der Waals surface area contributed by atoms with Gasteiger partial charge in [-0.3, -0.25) is 0 Å². The zero-order valence-electron chi connectivity index (χ0n) is 12.3. The Morgan fingerprint density at radius 3 is 1.95 bits per heavy atom. The molecule has 2 rings (SSSR count). The molecule has 0 aliphatic rings. The summed E-state index contributed by atoms with van der Waals surface area (Å²) in [6.07, 6.45) is 1.09. The van der Waals surface area contributed by atoms with Gasteiger partial charge in [0.05, 0.1) is 6.61 Å². The molecule has 2 aromatic carbocycles. The van der Waals surface area contributed by atoms with Gasteiger partial charge in [0.2, 0.25) is 0 Å². The first-order valence-corrected chi connectivity index (χ1v) is 7.21. The monoisotopic (exact) mass is 269 g/mol. The third-order valence-electron chi connectivity index (χ3n) is 3.34. The van der Waals surface area contributed by atoms with E-state index in [1.165, 1.54) is 11.1 Å². The topological polar surface area (TPSA) is 35.2 Å². The minimum absolute atomic E-state index is 0.586. The van der Waals surface area contributed by atoms with Crippen molar-refractivity contribution in [3.8, 4) is 16.9 Å². The minimum Gasteiger partial charge on any atom is -0.494 e. The number of benzene rings is 2. The number of nitrogens with two attached hydrogens (primary N) is 1. The molecule has 0 unspecified atom stereocenters. The molecular weight excluding hydrogens is 246 g/mol. The molecule has 0 aliphatic carbocycles. The van der Waals surface area contributed by atoms with Crippen LogP contribution in [0.3, 0.4) is 0 Å². The summed E-state index contributed by atoms with van der Waals surface area (Å²) in [5.41, 5.74) is 9.17. The van der Waals surface area contributed by atoms with Crippen molar-refractivity contribution in [1.29, 1.82) is 0 Å². The van der Waals surface area contributed by atoms with Crippen LogP contribution in [0.1, 0.15) is 25.8 Å². The average molecular weight is 269 g/mol. The Morgan fingerprint density at radius 1 is 0.900 bits per heavy atom. The number of hydrogen-bond donors (Lipinski definition) is 1. The first kappa shape index (κ1) is 14.6. The Bertz CT molecular complexity index is 514. The van der Waals surface area contributed by atoms with E-state index in [2.05, 4.69) is 50.2 Å². The molecule has 0 radical (unpaired) electrons. The van der Waals surface area contributed by atoms with Gasteiger partial charge in [-0.15, -0.1) is 0 Å². The van der Waals surface area contributed by atoms with E-state index in [1.807, 2.05) is 12.1 Å². The van der Waals surface area contributed by atoms with Crippen LogP contribution in [0, 0.1) is 5.92 Å². The van der Waals surface area contributed by atoms with Gasteiger partial charge in [-0.1, -0.05) is 50.2 Å². The van der Waals surface area contributed by atoms with Gasteiger partial charge in [0, 0.05) is 6.54 Å². The summed E-state index contributed by atoms with van der Waals surface area (Å²) >= 11 is 0. The Kier molecular flexibility index (Phi) is 5.19. The average Bonchev–Trinajstić information content (AvgIpc) is 2.48. The van der Waals surface area contributed by atoms with Crippen LogP contribution in [0.2, 0.25) is 0 Å². The van der Waals surface area contributed by atoms with Gasteiger partial charge in [0.25, 0.3) is 0 Å². The molecule has 2 aromatic rings. The smallest absolute Gasteiger partial charge is 0.119 e. The number of hydrogen-bond acceptors (Lipinski definition) is 2. The van der Waals surface area contributed by atoms with Crippen molar-refractivity contribution < 1.29 is 4.74 Å². The fourth-order valence-corrected chi connectivity index (χ4v) is 1.99. The van der Waals surface area contributed by atoms with Gasteiger partial charge in [0.15, 0.2) is 0 Å². The highest BCUT2D eigenvalue weighted by atomic mass is 16.5. The molecule has 0 saturated heterocycles. The van der Waals surface area contributed by atoms with Crippen LogP contribution >= 0.6 is 0 Å². The van der Waals surface area contributed by atoms with E-state index in [9.17, 15) is 0 Å². The minimum atomic E-state index is 0.586. The Labute approximate surface area is 121 Å². The first-order valence-electron chi connectivity index (χ1n) is 7.21. The van der Waals surface area contributed by atoms with Crippen molar-refractivity contribution in [2.24, 2.45) is 11.7 Å². The quantitative estimate of drug-likeness (QED) is 0.851. The highest BCUT2D eigenvalue weighted by Crippen LogP contribution is 2.23. The van der Waals surface area contributed by atoms with Crippen LogP contribution in [0.5, 0.6) is 5.75 Å². The molecule has 0 heterocycles. The van der Waals surface area contributed by atoms with Crippen LogP contribution in [0.25, 0.3) is 11.1 Å². The number of rotatable bonds is 6. The normalized spacial score (nSPS) is 10.8. The van der Waals surface area contributed by atoms with Crippen LogP contribution in [-0.2, 0) is 6.54 Å². The zero-order valence-corrected chi connectivity index (χ0v) is 12.3. The van der Waals surface area contributed by atoms with Gasteiger partial charge in [-0.05, 0) is 41.2 Å². The van der Waals surface area contributed by atoms with Crippen molar-refractivity contribution in [3.05, 3.63) is 54.1 Å². The highest BCUT2D eigenvalue weighted by Gasteiger charge is 2.00. The Morgan fingerprint density at radius 2 is 1.45 bits per heavy atom. The summed E-state index contributed by atoms with van der Waals surface area (Å²) in [6.45, 7) is 5.78. The van der Waals surface area contributed by atoms with E-state index in [1.54, 1.807) is 0 Å². The molecule has 0 aliphatic heterocycles. The van der Waals surface area contributed by atoms with E-state index >= 15 is 0 Å². The molecule has 106 valence electrons. The maximum Gasteiger partial charge on any atom is 0.119 e. The van der Waals surface area contributed by atoms with E-state index in [0.29, 0.717) is 12.5 Å². The third kappa shape index (κ3) is 4.10. The first-order chi connectivity index (χ1) is 9.69. The molecule has 0 saturated carbocycles. The van der Waals surface area contributed by atoms with Crippen molar-refractivity contribution in [2.75, 3.05) is 6.61 Å². The molecule has 2 heteroatoms. The summed E-state index contributed by atoms with van der Waals surface area (Å²) in [5.74, 6) is 1.61.